The molecule has 0 aliphatic rings. The Kier molecular flexibility index (Phi) is 5.80. The molecule has 0 aliphatic heterocycles. The van der Waals surface area contributed by atoms with Crippen molar-refractivity contribution in [1.82, 2.24) is 5.32 Å². The van der Waals surface area contributed by atoms with Crippen molar-refractivity contribution < 1.29 is 14.6 Å². The summed E-state index contributed by atoms with van der Waals surface area (Å²) in [5, 5.41) is 12.3. The lowest BCUT2D eigenvalue weighted by molar-refractivity contribution is 0.191. The Hall–Kier alpha value is -1.26. The van der Waals surface area contributed by atoms with Crippen molar-refractivity contribution in [2.24, 2.45) is 0 Å². The van der Waals surface area contributed by atoms with E-state index in [-0.39, 0.29) is 6.10 Å². The first-order chi connectivity index (χ1) is 8.17. The van der Waals surface area contributed by atoms with Gasteiger partial charge in [0.2, 0.25) is 0 Å². The summed E-state index contributed by atoms with van der Waals surface area (Å²) in [7, 11) is 1.63. The average Bonchev–Trinajstić information content (AvgIpc) is 2.30. The smallest absolute Gasteiger partial charge is 0.161 e. The van der Waals surface area contributed by atoms with Gasteiger partial charge in [0.15, 0.2) is 11.5 Å². The fourth-order valence-electron chi connectivity index (χ4n) is 1.52. The Labute approximate surface area is 103 Å². The Morgan fingerprint density at radius 1 is 1.35 bits per heavy atom. The minimum Gasteiger partial charge on any atom is -0.493 e. The molecule has 1 aromatic carbocycles. The second-order valence-electron chi connectivity index (χ2n) is 3.90. The summed E-state index contributed by atoms with van der Waals surface area (Å²) in [6.45, 7) is 5.60. The van der Waals surface area contributed by atoms with Crippen LogP contribution in [0.4, 0.5) is 0 Å². The van der Waals surface area contributed by atoms with Crippen molar-refractivity contribution >= 4 is 0 Å². The SMILES string of the molecule is CCOc1ccc(CNC[C@H](C)O)cc1OC. The van der Waals surface area contributed by atoms with Crippen LogP contribution in [0.2, 0.25) is 0 Å². The summed E-state index contributed by atoms with van der Waals surface area (Å²) >= 11 is 0. The van der Waals surface area contributed by atoms with Crippen LogP contribution in [0, 0.1) is 0 Å². The number of rotatable bonds is 7. The van der Waals surface area contributed by atoms with E-state index in [1.165, 1.54) is 0 Å². The zero-order chi connectivity index (χ0) is 12.7. The van der Waals surface area contributed by atoms with Crippen LogP contribution < -0.4 is 14.8 Å². The molecule has 2 N–H and O–H groups in total. The van der Waals surface area contributed by atoms with Crippen LogP contribution in [0.3, 0.4) is 0 Å². The maximum atomic E-state index is 9.14. The predicted octanol–water partition coefficient (Wildman–Crippen LogP) is 1.56. The average molecular weight is 239 g/mol. The standard InChI is InChI=1S/C13H21NO3/c1-4-17-12-6-5-11(7-13(12)16-3)9-14-8-10(2)15/h5-7,10,14-15H,4,8-9H2,1-3H3/t10-/m0/s1. The van der Waals surface area contributed by atoms with E-state index in [0.717, 1.165) is 17.1 Å². The molecule has 0 aromatic heterocycles. The highest BCUT2D eigenvalue weighted by Gasteiger charge is 2.05. The van der Waals surface area contributed by atoms with E-state index in [0.29, 0.717) is 19.7 Å². The van der Waals surface area contributed by atoms with Crippen LogP contribution in [0.5, 0.6) is 11.5 Å². The highest BCUT2D eigenvalue weighted by molar-refractivity contribution is 5.42. The third kappa shape index (κ3) is 4.63. The maximum absolute atomic E-state index is 9.14. The van der Waals surface area contributed by atoms with Gasteiger partial charge in [0.25, 0.3) is 0 Å². The molecule has 0 saturated heterocycles. The zero-order valence-electron chi connectivity index (χ0n) is 10.7. The molecule has 1 rings (SSSR count). The predicted molar refractivity (Wildman–Crippen MR) is 67.6 cm³/mol. The molecular weight excluding hydrogens is 218 g/mol. The number of hydrogen-bond donors (Lipinski definition) is 2. The molecular formula is C13H21NO3. The van der Waals surface area contributed by atoms with Gasteiger partial charge in [-0.15, -0.1) is 0 Å². The van der Waals surface area contributed by atoms with E-state index in [2.05, 4.69) is 5.32 Å². The lowest BCUT2D eigenvalue weighted by atomic mass is 10.2. The molecule has 0 radical (unpaired) electrons. The zero-order valence-corrected chi connectivity index (χ0v) is 10.7. The molecule has 4 heteroatoms. The normalized spacial score (nSPS) is 12.2. The van der Waals surface area contributed by atoms with E-state index >= 15 is 0 Å². The second kappa shape index (κ2) is 7.14. The van der Waals surface area contributed by atoms with Crippen molar-refractivity contribution in [2.75, 3.05) is 20.3 Å². The first-order valence-corrected chi connectivity index (χ1v) is 5.85. The Balaban J connectivity index is 2.62. The van der Waals surface area contributed by atoms with Crippen molar-refractivity contribution in [3.05, 3.63) is 23.8 Å². The minimum absolute atomic E-state index is 0.334. The lowest BCUT2D eigenvalue weighted by Gasteiger charge is -2.12. The fraction of sp³-hybridized carbons (Fsp3) is 0.538. The van der Waals surface area contributed by atoms with Crippen LogP contribution in [-0.2, 0) is 6.54 Å². The van der Waals surface area contributed by atoms with Gasteiger partial charge in [-0.25, -0.2) is 0 Å². The maximum Gasteiger partial charge on any atom is 0.161 e. The van der Waals surface area contributed by atoms with Gasteiger partial charge in [0.1, 0.15) is 0 Å². The summed E-state index contributed by atoms with van der Waals surface area (Å²) in [5.74, 6) is 1.50. The summed E-state index contributed by atoms with van der Waals surface area (Å²) in [6, 6.07) is 5.84. The van der Waals surface area contributed by atoms with Gasteiger partial charge in [0, 0.05) is 13.1 Å². The number of nitrogens with one attached hydrogen (secondary N) is 1. The largest absolute Gasteiger partial charge is 0.493 e. The van der Waals surface area contributed by atoms with Crippen molar-refractivity contribution in [3.8, 4) is 11.5 Å². The molecule has 96 valence electrons. The monoisotopic (exact) mass is 239 g/mol. The van der Waals surface area contributed by atoms with E-state index < -0.39 is 0 Å². The van der Waals surface area contributed by atoms with E-state index in [1.807, 2.05) is 25.1 Å². The topological polar surface area (TPSA) is 50.7 Å². The molecule has 0 aliphatic carbocycles. The van der Waals surface area contributed by atoms with Crippen LogP contribution >= 0.6 is 0 Å². The number of ether oxygens (including phenoxy) is 2. The van der Waals surface area contributed by atoms with Crippen LogP contribution in [0.1, 0.15) is 19.4 Å². The molecule has 0 spiro atoms. The van der Waals surface area contributed by atoms with E-state index in [9.17, 15) is 0 Å². The quantitative estimate of drug-likeness (QED) is 0.758. The number of hydrogen-bond acceptors (Lipinski definition) is 4. The van der Waals surface area contributed by atoms with Gasteiger partial charge < -0.3 is 19.9 Å². The Bertz CT molecular complexity index is 339. The first-order valence-electron chi connectivity index (χ1n) is 5.85. The molecule has 0 unspecified atom stereocenters. The van der Waals surface area contributed by atoms with Gasteiger partial charge in [0.05, 0.1) is 19.8 Å². The van der Waals surface area contributed by atoms with Crippen LogP contribution in [-0.4, -0.2) is 31.5 Å². The molecule has 1 atom stereocenters. The van der Waals surface area contributed by atoms with Gasteiger partial charge in [-0.2, -0.15) is 0 Å². The lowest BCUT2D eigenvalue weighted by Crippen LogP contribution is -2.23. The van der Waals surface area contributed by atoms with Crippen LogP contribution in [0.15, 0.2) is 18.2 Å². The molecule has 1 aromatic rings. The van der Waals surface area contributed by atoms with Gasteiger partial charge in [-0.3, -0.25) is 0 Å². The fourth-order valence-corrected chi connectivity index (χ4v) is 1.52. The van der Waals surface area contributed by atoms with Crippen molar-refractivity contribution in [1.29, 1.82) is 0 Å². The molecule has 0 amide bonds. The second-order valence-corrected chi connectivity index (χ2v) is 3.90. The van der Waals surface area contributed by atoms with E-state index in [4.69, 9.17) is 14.6 Å². The molecule has 0 heterocycles. The Morgan fingerprint density at radius 3 is 2.71 bits per heavy atom. The van der Waals surface area contributed by atoms with Gasteiger partial charge >= 0.3 is 0 Å². The first kappa shape index (κ1) is 13.8. The van der Waals surface area contributed by atoms with Crippen molar-refractivity contribution in [3.63, 3.8) is 0 Å². The molecule has 17 heavy (non-hydrogen) atoms. The number of aliphatic hydroxyl groups excluding tert-OH is 1. The molecule has 0 saturated carbocycles. The minimum atomic E-state index is -0.334. The van der Waals surface area contributed by atoms with Crippen LogP contribution in [0.25, 0.3) is 0 Å². The highest BCUT2D eigenvalue weighted by Crippen LogP contribution is 2.27. The third-order valence-electron chi connectivity index (χ3n) is 2.30. The number of methoxy groups -OCH3 is 1. The molecule has 4 nitrogen and oxygen atoms in total. The van der Waals surface area contributed by atoms with Gasteiger partial charge in [-0.05, 0) is 31.5 Å². The number of aliphatic hydroxyl groups is 1. The third-order valence-corrected chi connectivity index (χ3v) is 2.30. The van der Waals surface area contributed by atoms with E-state index in [1.54, 1.807) is 14.0 Å². The summed E-state index contributed by atoms with van der Waals surface area (Å²) in [6.07, 6.45) is -0.334. The highest BCUT2D eigenvalue weighted by atomic mass is 16.5. The number of benzene rings is 1. The summed E-state index contributed by atoms with van der Waals surface area (Å²) < 4.78 is 10.7. The van der Waals surface area contributed by atoms with Gasteiger partial charge in [-0.1, -0.05) is 6.07 Å². The molecule has 0 fully saturated rings. The Morgan fingerprint density at radius 2 is 2.12 bits per heavy atom. The summed E-state index contributed by atoms with van der Waals surface area (Å²) in [5.41, 5.74) is 1.10. The summed E-state index contributed by atoms with van der Waals surface area (Å²) in [4.78, 5) is 0. The van der Waals surface area contributed by atoms with Crippen molar-refractivity contribution in [2.45, 2.75) is 26.5 Å². The molecule has 0 bridgehead atoms.